The van der Waals surface area contributed by atoms with Crippen molar-refractivity contribution in [3.63, 3.8) is 0 Å². The minimum Gasteiger partial charge on any atom is -0.228 e. The van der Waals surface area contributed by atoms with E-state index in [2.05, 4.69) is 10.7 Å². The van der Waals surface area contributed by atoms with E-state index in [1.54, 1.807) is 0 Å². The minimum atomic E-state index is -1.26. The van der Waals surface area contributed by atoms with Crippen molar-refractivity contribution in [3.8, 4) is 0 Å². The van der Waals surface area contributed by atoms with E-state index in [1.807, 2.05) is 0 Å². The third-order valence-corrected chi connectivity index (χ3v) is 3.81. The SMILES string of the molecule is CC1CCC(S(=O)OCl)CC1. The van der Waals surface area contributed by atoms with E-state index in [-0.39, 0.29) is 5.25 Å². The smallest absolute Gasteiger partial charge is 0.176 e. The highest BCUT2D eigenvalue weighted by atomic mass is 35.5. The lowest BCUT2D eigenvalue weighted by Gasteiger charge is -2.23. The Morgan fingerprint density at radius 2 is 1.91 bits per heavy atom. The van der Waals surface area contributed by atoms with Gasteiger partial charge < -0.3 is 0 Å². The second kappa shape index (κ2) is 4.43. The van der Waals surface area contributed by atoms with Gasteiger partial charge in [0.2, 0.25) is 0 Å². The Morgan fingerprint density at radius 3 is 2.36 bits per heavy atom. The van der Waals surface area contributed by atoms with Crippen LogP contribution in [0.5, 0.6) is 0 Å². The van der Waals surface area contributed by atoms with E-state index in [9.17, 15) is 4.21 Å². The maximum atomic E-state index is 11.0. The van der Waals surface area contributed by atoms with Gasteiger partial charge in [-0.3, -0.25) is 0 Å². The standard InChI is InChI=1S/C7H13ClO2S/c1-6-2-4-7(5-3-6)11(9)10-8/h6-7H,2-5H2,1H3. The zero-order valence-electron chi connectivity index (χ0n) is 6.59. The van der Waals surface area contributed by atoms with Crippen molar-refractivity contribution >= 4 is 22.9 Å². The Kier molecular flexibility index (Phi) is 3.82. The molecule has 0 aromatic rings. The monoisotopic (exact) mass is 196 g/mol. The molecule has 66 valence electrons. The quantitative estimate of drug-likeness (QED) is 0.678. The van der Waals surface area contributed by atoms with Crippen molar-refractivity contribution in [2.24, 2.45) is 5.92 Å². The Bertz CT molecular complexity index is 143. The summed E-state index contributed by atoms with van der Waals surface area (Å²) in [6, 6.07) is 0. The van der Waals surface area contributed by atoms with Crippen LogP contribution in [0, 0.1) is 5.92 Å². The van der Waals surface area contributed by atoms with Crippen LogP contribution in [0.25, 0.3) is 0 Å². The molecule has 0 aromatic heterocycles. The lowest BCUT2D eigenvalue weighted by Crippen LogP contribution is -2.21. The fourth-order valence-electron chi connectivity index (χ4n) is 1.47. The van der Waals surface area contributed by atoms with Crippen molar-refractivity contribution in [1.82, 2.24) is 0 Å². The molecular formula is C7H13ClO2S. The summed E-state index contributed by atoms with van der Waals surface area (Å²) in [7, 11) is 0. The molecule has 1 aliphatic rings. The molecule has 0 radical (unpaired) electrons. The van der Waals surface area contributed by atoms with Gasteiger partial charge in [0.25, 0.3) is 0 Å². The van der Waals surface area contributed by atoms with Crippen LogP contribution in [0.4, 0.5) is 0 Å². The second-order valence-corrected chi connectivity index (χ2v) is 4.90. The summed E-state index contributed by atoms with van der Waals surface area (Å²) in [4.78, 5) is 0. The van der Waals surface area contributed by atoms with E-state index in [0.29, 0.717) is 0 Å². The molecule has 0 amide bonds. The lowest BCUT2D eigenvalue weighted by atomic mass is 9.91. The van der Waals surface area contributed by atoms with E-state index < -0.39 is 11.1 Å². The van der Waals surface area contributed by atoms with Gasteiger partial charge >= 0.3 is 0 Å². The van der Waals surface area contributed by atoms with E-state index in [4.69, 9.17) is 11.9 Å². The normalized spacial score (nSPS) is 35.1. The minimum absolute atomic E-state index is 0.170. The number of halogens is 1. The van der Waals surface area contributed by atoms with Crippen LogP contribution < -0.4 is 0 Å². The summed E-state index contributed by atoms with van der Waals surface area (Å²) in [5.41, 5.74) is 0. The summed E-state index contributed by atoms with van der Waals surface area (Å²) in [6.07, 6.45) is 4.27. The molecule has 1 fully saturated rings. The summed E-state index contributed by atoms with van der Waals surface area (Å²) < 4.78 is 15.3. The molecular weight excluding hydrogens is 184 g/mol. The third-order valence-electron chi connectivity index (χ3n) is 2.30. The summed E-state index contributed by atoms with van der Waals surface area (Å²) >= 11 is 3.76. The molecule has 0 spiro atoms. The summed E-state index contributed by atoms with van der Waals surface area (Å²) in [6.45, 7) is 2.22. The molecule has 0 aromatic carbocycles. The first-order valence-electron chi connectivity index (χ1n) is 3.93. The molecule has 1 unspecified atom stereocenters. The molecule has 2 nitrogen and oxygen atoms in total. The van der Waals surface area contributed by atoms with Crippen molar-refractivity contribution in [2.75, 3.05) is 0 Å². The number of hydrogen-bond acceptors (Lipinski definition) is 2. The van der Waals surface area contributed by atoms with Gasteiger partial charge in [-0.1, -0.05) is 6.92 Å². The van der Waals surface area contributed by atoms with Gasteiger partial charge in [-0.2, -0.15) is 3.74 Å². The molecule has 0 aliphatic heterocycles. The molecule has 1 atom stereocenters. The zero-order valence-corrected chi connectivity index (χ0v) is 8.16. The highest BCUT2D eigenvalue weighted by Crippen LogP contribution is 2.27. The largest absolute Gasteiger partial charge is 0.228 e. The van der Waals surface area contributed by atoms with Crippen molar-refractivity contribution < 1.29 is 7.94 Å². The average Bonchev–Trinajstić information content (AvgIpc) is 2.05. The lowest BCUT2D eigenvalue weighted by molar-refractivity contribution is 0.381. The molecule has 0 bridgehead atoms. The summed E-state index contributed by atoms with van der Waals surface area (Å²) in [5.74, 6) is 0.776. The van der Waals surface area contributed by atoms with Crippen LogP contribution in [0.1, 0.15) is 32.6 Å². The van der Waals surface area contributed by atoms with E-state index >= 15 is 0 Å². The zero-order chi connectivity index (χ0) is 8.27. The first kappa shape index (κ1) is 9.49. The molecule has 0 N–H and O–H groups in total. The highest BCUT2D eigenvalue weighted by Gasteiger charge is 2.23. The van der Waals surface area contributed by atoms with Crippen LogP contribution in [0.3, 0.4) is 0 Å². The van der Waals surface area contributed by atoms with Gasteiger partial charge in [0.05, 0.1) is 17.1 Å². The van der Waals surface area contributed by atoms with E-state index in [0.717, 1.165) is 31.6 Å². The fraction of sp³-hybridized carbons (Fsp3) is 1.00. The predicted molar refractivity (Wildman–Crippen MR) is 46.5 cm³/mol. The third kappa shape index (κ3) is 2.73. The number of hydrogen-bond donors (Lipinski definition) is 0. The van der Waals surface area contributed by atoms with Crippen LogP contribution in [0.2, 0.25) is 0 Å². The van der Waals surface area contributed by atoms with Crippen molar-refractivity contribution in [1.29, 1.82) is 0 Å². The van der Waals surface area contributed by atoms with Crippen LogP contribution in [-0.4, -0.2) is 9.46 Å². The van der Waals surface area contributed by atoms with Crippen LogP contribution in [-0.2, 0) is 14.8 Å². The van der Waals surface area contributed by atoms with Gasteiger partial charge in [0.15, 0.2) is 11.1 Å². The maximum absolute atomic E-state index is 11.0. The molecule has 1 rings (SSSR count). The molecule has 1 saturated carbocycles. The molecule has 4 heteroatoms. The van der Waals surface area contributed by atoms with Gasteiger partial charge in [-0.15, -0.1) is 0 Å². The van der Waals surface area contributed by atoms with Crippen LogP contribution in [0.15, 0.2) is 0 Å². The molecule has 11 heavy (non-hydrogen) atoms. The Hall–Kier alpha value is 0.400. The van der Waals surface area contributed by atoms with Crippen molar-refractivity contribution in [3.05, 3.63) is 0 Å². The average molecular weight is 197 g/mol. The van der Waals surface area contributed by atoms with Gasteiger partial charge in [-0.05, 0) is 31.6 Å². The highest BCUT2D eigenvalue weighted by molar-refractivity contribution is 7.81. The Balaban J connectivity index is 2.33. The predicted octanol–water partition coefficient (Wildman–Crippen LogP) is 2.40. The first-order valence-corrected chi connectivity index (χ1v) is 5.38. The summed E-state index contributed by atoms with van der Waals surface area (Å²) in [5, 5.41) is 0.170. The van der Waals surface area contributed by atoms with E-state index in [1.165, 1.54) is 0 Å². The van der Waals surface area contributed by atoms with Crippen LogP contribution >= 0.6 is 11.9 Å². The second-order valence-electron chi connectivity index (χ2n) is 3.21. The van der Waals surface area contributed by atoms with Gasteiger partial charge in [0.1, 0.15) is 0 Å². The maximum Gasteiger partial charge on any atom is 0.176 e. The molecule has 0 saturated heterocycles. The van der Waals surface area contributed by atoms with Gasteiger partial charge in [0, 0.05) is 0 Å². The Morgan fingerprint density at radius 1 is 1.36 bits per heavy atom. The van der Waals surface area contributed by atoms with Crippen molar-refractivity contribution in [2.45, 2.75) is 37.9 Å². The number of rotatable bonds is 2. The topological polar surface area (TPSA) is 26.3 Å². The van der Waals surface area contributed by atoms with Gasteiger partial charge in [-0.25, -0.2) is 4.21 Å². The fourth-order valence-corrected chi connectivity index (χ4v) is 2.54. The molecule has 1 aliphatic carbocycles. The first-order chi connectivity index (χ1) is 5.24. The Labute approximate surface area is 75.1 Å². The molecule has 0 heterocycles.